The Hall–Kier alpha value is -0.200. The van der Waals surface area contributed by atoms with Crippen LogP contribution >= 0.6 is 0 Å². The largest absolute Gasteiger partial charge is 0.383 e. The highest BCUT2D eigenvalue weighted by Gasteiger charge is 2.28. The van der Waals surface area contributed by atoms with Crippen molar-refractivity contribution < 1.29 is 14.2 Å². The van der Waals surface area contributed by atoms with Gasteiger partial charge in [0.05, 0.1) is 19.8 Å². The molecule has 0 saturated carbocycles. The maximum atomic E-state index is 5.71. The quantitative estimate of drug-likeness (QED) is 0.624. The average molecular weight is 302 g/mol. The van der Waals surface area contributed by atoms with E-state index in [0.29, 0.717) is 18.0 Å². The van der Waals surface area contributed by atoms with Gasteiger partial charge in [-0.05, 0) is 26.3 Å². The van der Waals surface area contributed by atoms with E-state index in [0.717, 1.165) is 52.5 Å². The van der Waals surface area contributed by atoms with Crippen LogP contribution in [0.4, 0.5) is 0 Å². The van der Waals surface area contributed by atoms with Crippen molar-refractivity contribution in [1.29, 1.82) is 0 Å². The monoisotopic (exact) mass is 302 g/mol. The van der Waals surface area contributed by atoms with E-state index in [-0.39, 0.29) is 0 Å². The van der Waals surface area contributed by atoms with Crippen LogP contribution in [0.3, 0.4) is 0 Å². The summed E-state index contributed by atoms with van der Waals surface area (Å²) in [5.74, 6) is 0.543. The maximum absolute atomic E-state index is 5.71. The van der Waals surface area contributed by atoms with Gasteiger partial charge in [0, 0.05) is 51.9 Å². The van der Waals surface area contributed by atoms with E-state index in [2.05, 4.69) is 24.1 Å². The molecule has 3 unspecified atom stereocenters. The fourth-order valence-corrected chi connectivity index (χ4v) is 2.92. The number of methoxy groups -OCH3 is 2. The first-order valence-electron chi connectivity index (χ1n) is 8.25. The highest BCUT2D eigenvalue weighted by Crippen LogP contribution is 2.18. The number of rotatable bonds is 11. The van der Waals surface area contributed by atoms with Crippen LogP contribution in [0.5, 0.6) is 0 Å². The Kier molecular flexibility index (Phi) is 10.2. The molecule has 0 bridgehead atoms. The lowest BCUT2D eigenvalue weighted by molar-refractivity contribution is -0.00155. The predicted molar refractivity (Wildman–Crippen MR) is 85.8 cm³/mol. The zero-order chi connectivity index (χ0) is 15.5. The summed E-state index contributed by atoms with van der Waals surface area (Å²) in [7, 11) is 3.52. The van der Waals surface area contributed by atoms with Crippen molar-refractivity contribution in [1.82, 2.24) is 10.2 Å². The first-order chi connectivity index (χ1) is 10.2. The van der Waals surface area contributed by atoms with Gasteiger partial charge in [0.1, 0.15) is 0 Å². The third-order valence-corrected chi connectivity index (χ3v) is 4.21. The smallest absolute Gasteiger partial charge is 0.0615 e. The molecule has 1 aliphatic heterocycles. The Morgan fingerprint density at radius 2 is 2.14 bits per heavy atom. The second-order valence-electron chi connectivity index (χ2n) is 5.98. The Morgan fingerprint density at radius 3 is 2.81 bits per heavy atom. The predicted octanol–water partition coefficient (Wildman–Crippen LogP) is 1.37. The molecule has 1 saturated heterocycles. The van der Waals surface area contributed by atoms with Gasteiger partial charge in [-0.1, -0.05) is 6.92 Å². The zero-order valence-corrected chi connectivity index (χ0v) is 14.3. The Bertz CT molecular complexity index is 254. The molecule has 0 amide bonds. The van der Waals surface area contributed by atoms with Crippen molar-refractivity contribution in [3.8, 4) is 0 Å². The molecule has 0 aliphatic carbocycles. The van der Waals surface area contributed by atoms with Crippen LogP contribution in [-0.2, 0) is 14.2 Å². The van der Waals surface area contributed by atoms with Crippen LogP contribution in [0.1, 0.15) is 26.7 Å². The third kappa shape index (κ3) is 7.06. The summed E-state index contributed by atoms with van der Waals surface area (Å²) < 4.78 is 16.3. The van der Waals surface area contributed by atoms with Crippen LogP contribution in [0.15, 0.2) is 0 Å². The van der Waals surface area contributed by atoms with Gasteiger partial charge >= 0.3 is 0 Å². The summed E-state index contributed by atoms with van der Waals surface area (Å²) in [6.07, 6.45) is 2.29. The lowest BCUT2D eigenvalue weighted by atomic mass is 9.94. The molecule has 1 aliphatic rings. The highest BCUT2D eigenvalue weighted by molar-refractivity contribution is 4.83. The van der Waals surface area contributed by atoms with Crippen LogP contribution in [0.25, 0.3) is 0 Å². The molecule has 1 fully saturated rings. The van der Waals surface area contributed by atoms with E-state index < -0.39 is 0 Å². The van der Waals surface area contributed by atoms with E-state index in [1.807, 2.05) is 0 Å². The zero-order valence-electron chi connectivity index (χ0n) is 14.3. The summed E-state index contributed by atoms with van der Waals surface area (Å²) in [6, 6.07) is 0.970. The molecule has 126 valence electrons. The average Bonchev–Trinajstić information content (AvgIpc) is 2.50. The van der Waals surface area contributed by atoms with Crippen molar-refractivity contribution in [3.05, 3.63) is 0 Å². The molecule has 5 heteroatoms. The molecule has 5 nitrogen and oxygen atoms in total. The fourth-order valence-electron chi connectivity index (χ4n) is 2.92. The lowest BCUT2D eigenvalue weighted by Gasteiger charge is -2.38. The minimum Gasteiger partial charge on any atom is -0.383 e. The maximum Gasteiger partial charge on any atom is 0.0615 e. The molecule has 1 rings (SSSR count). The molecular weight excluding hydrogens is 268 g/mol. The number of hydrogen-bond acceptors (Lipinski definition) is 5. The van der Waals surface area contributed by atoms with Gasteiger partial charge in [-0.25, -0.2) is 0 Å². The van der Waals surface area contributed by atoms with Gasteiger partial charge in [-0.3, -0.25) is 4.90 Å². The number of ether oxygens (including phenoxy) is 3. The van der Waals surface area contributed by atoms with Gasteiger partial charge in [-0.15, -0.1) is 0 Å². The van der Waals surface area contributed by atoms with Gasteiger partial charge in [0.25, 0.3) is 0 Å². The van der Waals surface area contributed by atoms with E-state index in [1.54, 1.807) is 14.2 Å². The van der Waals surface area contributed by atoms with Crippen molar-refractivity contribution in [3.63, 3.8) is 0 Å². The Morgan fingerprint density at radius 1 is 1.33 bits per heavy atom. The normalized spacial score (nSPS) is 24.4. The standard InChI is InChI=1S/C16H34N2O3/c1-5-7-17-16-6-9-21-13-15(16)11-18(8-10-19-3)14(2)12-20-4/h14-17H,5-13H2,1-4H3. The van der Waals surface area contributed by atoms with E-state index >= 15 is 0 Å². The highest BCUT2D eigenvalue weighted by atomic mass is 16.5. The van der Waals surface area contributed by atoms with Crippen LogP contribution in [0, 0.1) is 5.92 Å². The number of hydrogen-bond donors (Lipinski definition) is 1. The number of nitrogens with zero attached hydrogens (tertiary/aromatic N) is 1. The molecule has 0 aromatic rings. The molecule has 21 heavy (non-hydrogen) atoms. The summed E-state index contributed by atoms with van der Waals surface area (Å²) in [5, 5.41) is 3.68. The molecule has 0 aromatic heterocycles. The van der Waals surface area contributed by atoms with Crippen molar-refractivity contribution >= 4 is 0 Å². The Balaban J connectivity index is 2.55. The van der Waals surface area contributed by atoms with Gasteiger partial charge in [-0.2, -0.15) is 0 Å². The summed E-state index contributed by atoms with van der Waals surface area (Å²) in [4.78, 5) is 2.47. The van der Waals surface area contributed by atoms with E-state index in [1.165, 1.54) is 6.42 Å². The summed E-state index contributed by atoms with van der Waals surface area (Å²) in [5.41, 5.74) is 0. The third-order valence-electron chi connectivity index (χ3n) is 4.21. The van der Waals surface area contributed by atoms with Crippen molar-refractivity contribution in [2.75, 3.05) is 60.3 Å². The minimum absolute atomic E-state index is 0.402. The second kappa shape index (κ2) is 11.4. The minimum atomic E-state index is 0.402. The number of nitrogens with one attached hydrogen (secondary N) is 1. The fraction of sp³-hybridized carbons (Fsp3) is 1.00. The van der Waals surface area contributed by atoms with Crippen molar-refractivity contribution in [2.24, 2.45) is 5.92 Å². The molecule has 1 heterocycles. The molecule has 1 N–H and O–H groups in total. The SMILES string of the molecule is CCCNC1CCOCC1CN(CCOC)C(C)COC. The lowest BCUT2D eigenvalue weighted by Crippen LogP contribution is -2.50. The second-order valence-corrected chi connectivity index (χ2v) is 5.98. The topological polar surface area (TPSA) is 43.0 Å². The summed E-state index contributed by atoms with van der Waals surface area (Å²) >= 11 is 0. The molecule has 3 atom stereocenters. The Labute approximate surface area is 130 Å². The van der Waals surface area contributed by atoms with Crippen molar-refractivity contribution in [2.45, 2.75) is 38.8 Å². The van der Waals surface area contributed by atoms with Gasteiger partial charge < -0.3 is 19.5 Å². The van der Waals surface area contributed by atoms with Crippen LogP contribution in [0.2, 0.25) is 0 Å². The van der Waals surface area contributed by atoms with E-state index in [4.69, 9.17) is 14.2 Å². The summed E-state index contributed by atoms with van der Waals surface area (Å²) in [6.45, 7) is 10.7. The first kappa shape index (κ1) is 18.8. The molecule has 0 spiro atoms. The van der Waals surface area contributed by atoms with Crippen LogP contribution < -0.4 is 5.32 Å². The van der Waals surface area contributed by atoms with Crippen LogP contribution in [-0.4, -0.2) is 77.3 Å². The van der Waals surface area contributed by atoms with Gasteiger partial charge in [0.15, 0.2) is 0 Å². The molecule has 0 aromatic carbocycles. The van der Waals surface area contributed by atoms with Gasteiger partial charge in [0.2, 0.25) is 0 Å². The first-order valence-corrected chi connectivity index (χ1v) is 8.25. The van der Waals surface area contributed by atoms with E-state index in [9.17, 15) is 0 Å². The molecule has 0 radical (unpaired) electrons. The molecular formula is C16H34N2O3.